The number of para-hydroxylation sites is 1. The molecule has 32 heavy (non-hydrogen) atoms. The van der Waals surface area contributed by atoms with Gasteiger partial charge in [0.1, 0.15) is 17.8 Å². The van der Waals surface area contributed by atoms with Gasteiger partial charge in [0, 0.05) is 16.9 Å². The molecule has 3 heterocycles. The van der Waals surface area contributed by atoms with Crippen LogP contribution in [0.15, 0.2) is 42.7 Å². The Morgan fingerprint density at radius 3 is 2.69 bits per heavy atom. The maximum absolute atomic E-state index is 14.4. The summed E-state index contributed by atoms with van der Waals surface area (Å²) in [4.78, 5) is 10.2. The summed E-state index contributed by atoms with van der Waals surface area (Å²) in [6.07, 6.45) is 7.03. The summed E-state index contributed by atoms with van der Waals surface area (Å²) in [6, 6.07) is 10.2. The highest BCUT2D eigenvalue weighted by atomic mass is 32.1. The number of fused-ring (bicyclic) bond motifs is 3. The van der Waals surface area contributed by atoms with E-state index in [0.29, 0.717) is 29.8 Å². The van der Waals surface area contributed by atoms with Crippen molar-refractivity contribution in [3.63, 3.8) is 0 Å². The predicted octanol–water partition coefficient (Wildman–Crippen LogP) is 5.93. The second-order valence-electron chi connectivity index (χ2n) is 8.19. The van der Waals surface area contributed by atoms with Crippen LogP contribution in [0.1, 0.15) is 42.0 Å². The van der Waals surface area contributed by atoms with Gasteiger partial charge >= 0.3 is 0 Å². The quantitative estimate of drug-likeness (QED) is 0.388. The summed E-state index contributed by atoms with van der Waals surface area (Å²) in [5.41, 5.74) is 2.87. The molecular formula is C24H20F2N4OS. The van der Waals surface area contributed by atoms with Gasteiger partial charge in [-0.1, -0.05) is 25.0 Å². The molecule has 4 aromatic rings. The molecule has 2 aliphatic rings. The van der Waals surface area contributed by atoms with Gasteiger partial charge in [0.15, 0.2) is 22.5 Å². The van der Waals surface area contributed by atoms with Crippen LogP contribution in [0, 0.1) is 11.6 Å². The van der Waals surface area contributed by atoms with Crippen LogP contribution in [-0.4, -0.2) is 26.4 Å². The van der Waals surface area contributed by atoms with Gasteiger partial charge in [-0.25, -0.2) is 23.4 Å². The third kappa shape index (κ3) is 3.21. The van der Waals surface area contributed by atoms with Crippen LogP contribution in [0.2, 0.25) is 0 Å². The fourth-order valence-corrected chi connectivity index (χ4v) is 5.73. The predicted molar refractivity (Wildman–Crippen MR) is 118 cm³/mol. The van der Waals surface area contributed by atoms with Gasteiger partial charge < -0.3 is 4.74 Å². The van der Waals surface area contributed by atoms with E-state index in [9.17, 15) is 8.78 Å². The van der Waals surface area contributed by atoms with Crippen LogP contribution >= 0.6 is 11.3 Å². The van der Waals surface area contributed by atoms with E-state index in [1.54, 1.807) is 0 Å². The first-order valence-electron chi connectivity index (χ1n) is 10.8. The van der Waals surface area contributed by atoms with Crippen molar-refractivity contribution in [2.75, 3.05) is 6.61 Å². The molecule has 2 aromatic carbocycles. The Balaban J connectivity index is 1.43. The Kier molecular flexibility index (Phi) is 4.75. The number of benzene rings is 2. The summed E-state index contributed by atoms with van der Waals surface area (Å²) in [6.45, 7) is 0.560. The van der Waals surface area contributed by atoms with Gasteiger partial charge in [-0.2, -0.15) is 5.10 Å². The molecule has 0 bridgehead atoms. The number of hydrogen-bond acceptors (Lipinski definition) is 5. The van der Waals surface area contributed by atoms with E-state index >= 15 is 0 Å². The van der Waals surface area contributed by atoms with Gasteiger partial charge in [-0.3, -0.25) is 0 Å². The molecule has 0 unspecified atom stereocenters. The van der Waals surface area contributed by atoms with E-state index in [1.165, 1.54) is 71.8 Å². The third-order valence-electron chi connectivity index (χ3n) is 6.26. The van der Waals surface area contributed by atoms with Crippen LogP contribution in [-0.2, 0) is 6.42 Å². The summed E-state index contributed by atoms with van der Waals surface area (Å²) >= 11 is 1.46. The number of ether oxygens (including phenoxy) is 1. The first-order valence-corrected chi connectivity index (χ1v) is 11.6. The van der Waals surface area contributed by atoms with Crippen molar-refractivity contribution in [3.05, 3.63) is 64.8 Å². The molecule has 1 fully saturated rings. The first-order chi connectivity index (χ1) is 15.7. The summed E-state index contributed by atoms with van der Waals surface area (Å²) < 4.78 is 36.0. The highest BCUT2D eigenvalue weighted by molar-refractivity contribution is 7.15. The SMILES string of the molecule is Fc1cccc(F)c1-n1ncnc1-c1nc2c(s1)CCOc1cc(C3CCCC3)ccc1-2. The van der Waals surface area contributed by atoms with Crippen molar-refractivity contribution < 1.29 is 13.5 Å². The topological polar surface area (TPSA) is 52.8 Å². The zero-order valence-electron chi connectivity index (χ0n) is 17.2. The zero-order chi connectivity index (χ0) is 21.7. The molecule has 0 N–H and O–H groups in total. The van der Waals surface area contributed by atoms with Gasteiger partial charge in [-0.05, 0) is 48.6 Å². The maximum atomic E-state index is 14.4. The van der Waals surface area contributed by atoms with Gasteiger partial charge in [0.2, 0.25) is 0 Å². The highest BCUT2D eigenvalue weighted by Gasteiger charge is 2.26. The number of rotatable bonds is 3. The largest absolute Gasteiger partial charge is 0.492 e. The fraction of sp³-hybridized carbons (Fsp3) is 0.292. The normalized spacial score (nSPS) is 15.8. The van der Waals surface area contributed by atoms with Crippen molar-refractivity contribution in [1.82, 2.24) is 19.7 Å². The molecule has 2 aromatic heterocycles. The Bertz CT molecular complexity index is 1290. The average Bonchev–Trinajstić information content (AvgIpc) is 3.53. The molecule has 6 rings (SSSR count). The number of nitrogens with zero attached hydrogens (tertiary/aromatic N) is 4. The minimum Gasteiger partial charge on any atom is -0.492 e. The van der Waals surface area contributed by atoms with E-state index in [1.807, 2.05) is 0 Å². The minimum atomic E-state index is -0.701. The molecule has 1 saturated carbocycles. The molecule has 0 radical (unpaired) electrons. The zero-order valence-corrected chi connectivity index (χ0v) is 18.0. The van der Waals surface area contributed by atoms with Crippen molar-refractivity contribution in [2.45, 2.75) is 38.0 Å². The summed E-state index contributed by atoms with van der Waals surface area (Å²) in [5.74, 6) is 0.372. The van der Waals surface area contributed by atoms with Crippen LogP contribution < -0.4 is 4.74 Å². The molecule has 0 atom stereocenters. The number of hydrogen-bond donors (Lipinski definition) is 0. The smallest absolute Gasteiger partial charge is 0.192 e. The number of halogens is 2. The van der Waals surface area contributed by atoms with E-state index in [4.69, 9.17) is 9.72 Å². The Labute approximate surface area is 187 Å². The van der Waals surface area contributed by atoms with Gasteiger partial charge in [0.25, 0.3) is 0 Å². The molecule has 5 nitrogen and oxygen atoms in total. The lowest BCUT2D eigenvalue weighted by Gasteiger charge is -2.13. The molecule has 1 aliphatic carbocycles. The second-order valence-corrected chi connectivity index (χ2v) is 9.28. The van der Waals surface area contributed by atoms with E-state index < -0.39 is 11.6 Å². The van der Waals surface area contributed by atoms with E-state index in [-0.39, 0.29) is 5.69 Å². The number of thiazole rings is 1. The molecular weight excluding hydrogens is 430 g/mol. The highest BCUT2D eigenvalue weighted by Crippen LogP contribution is 2.43. The molecule has 0 amide bonds. The summed E-state index contributed by atoms with van der Waals surface area (Å²) in [7, 11) is 0. The average molecular weight is 451 g/mol. The van der Waals surface area contributed by atoms with Crippen molar-refractivity contribution in [2.24, 2.45) is 0 Å². The van der Waals surface area contributed by atoms with Gasteiger partial charge in [0.05, 0.1) is 12.3 Å². The van der Waals surface area contributed by atoms with Crippen LogP contribution in [0.5, 0.6) is 5.75 Å². The van der Waals surface area contributed by atoms with Crippen molar-refractivity contribution in [1.29, 1.82) is 0 Å². The lowest BCUT2D eigenvalue weighted by atomic mass is 9.95. The second kappa shape index (κ2) is 7.78. The Morgan fingerprint density at radius 1 is 1.06 bits per heavy atom. The Hall–Kier alpha value is -3.13. The minimum absolute atomic E-state index is 0.254. The monoisotopic (exact) mass is 450 g/mol. The van der Waals surface area contributed by atoms with E-state index in [2.05, 4.69) is 28.3 Å². The van der Waals surface area contributed by atoms with Gasteiger partial charge in [-0.15, -0.1) is 11.3 Å². The molecule has 0 saturated heterocycles. The maximum Gasteiger partial charge on any atom is 0.192 e. The lowest BCUT2D eigenvalue weighted by Crippen LogP contribution is -2.05. The third-order valence-corrected chi connectivity index (χ3v) is 7.37. The Morgan fingerprint density at radius 2 is 1.88 bits per heavy atom. The summed E-state index contributed by atoms with van der Waals surface area (Å²) in [5, 5.41) is 4.65. The molecule has 0 spiro atoms. The first kappa shape index (κ1) is 19.5. The molecule has 1 aliphatic heterocycles. The van der Waals surface area contributed by atoms with Crippen molar-refractivity contribution in [3.8, 4) is 33.5 Å². The van der Waals surface area contributed by atoms with Crippen LogP contribution in [0.3, 0.4) is 0 Å². The van der Waals surface area contributed by atoms with Crippen molar-refractivity contribution >= 4 is 11.3 Å². The molecule has 162 valence electrons. The lowest BCUT2D eigenvalue weighted by molar-refractivity contribution is 0.327. The van der Waals surface area contributed by atoms with E-state index in [0.717, 1.165) is 21.9 Å². The number of aromatic nitrogens is 4. The molecule has 8 heteroatoms. The fourth-order valence-electron chi connectivity index (χ4n) is 4.69. The van der Waals surface area contributed by atoms with Crippen LogP contribution in [0.4, 0.5) is 8.78 Å². The standard InChI is InChI=1S/C24H20F2N4OS/c25-17-6-3-7-18(26)22(17)30-23(27-13-28-30)24-29-21-16-9-8-15(14-4-1-2-5-14)12-19(16)31-11-10-20(21)32-24/h3,6-9,12-14H,1-2,4-5,10-11H2. The van der Waals surface area contributed by atoms with Crippen LogP contribution in [0.25, 0.3) is 27.8 Å².